The fraction of sp³-hybridized carbons (Fsp3) is 0.435. The zero-order valence-electron chi connectivity index (χ0n) is 39.3. The first-order chi connectivity index (χ1) is 30.4. The Morgan fingerprint density at radius 1 is 0.700 bits per heavy atom. The molecule has 3 aromatic carbocycles. The minimum Gasteiger partial charge on any atom is -0.453 e. The lowest BCUT2D eigenvalue weighted by atomic mass is 9.99. The normalized spacial score (nSPS) is 21.0. The summed E-state index contributed by atoms with van der Waals surface area (Å²) >= 11 is 0. The second-order valence-corrected chi connectivity index (χ2v) is 16.8. The molecule has 0 saturated carbocycles. The minimum atomic E-state index is -0.786. The summed E-state index contributed by atoms with van der Waals surface area (Å²) in [5, 5.41) is 5.35. The molecule has 0 radical (unpaired) electrons. The highest BCUT2D eigenvalue weighted by Crippen LogP contribution is 2.38. The van der Waals surface area contributed by atoms with Crippen LogP contribution in [0.1, 0.15) is 83.6 Å². The number of hydrogen-bond acceptors (Lipinski definition) is 8. The third-order valence-corrected chi connectivity index (χ3v) is 11.5. The number of H-pyrrole nitrogens is 2. The number of amides is 4. The maximum atomic E-state index is 13.8. The SMILES string of the molecule is [2H]c1c([2H])c(-c2ccc3nc([C@@H]4C[C@H](C)CN4C(=O)[C@@H](NC(=O)OC)C(C)C)[nH]c3c2)c([2H])c([2H])c1-c1ccc(-c2cnc([C@@H]3C[C@H](C)CN3C(=O)[C@@H](NC(=O)OC)C(C)C)[nH]2)cc1. The molecule has 14 nitrogen and oxygen atoms in total. The van der Waals surface area contributed by atoms with Gasteiger partial charge < -0.3 is 39.9 Å². The van der Waals surface area contributed by atoms with Gasteiger partial charge in [-0.15, -0.1) is 0 Å². The van der Waals surface area contributed by atoms with Crippen molar-refractivity contribution in [2.75, 3.05) is 27.3 Å². The van der Waals surface area contributed by atoms with Gasteiger partial charge in [0.1, 0.15) is 23.7 Å². The van der Waals surface area contributed by atoms with E-state index in [9.17, 15) is 19.2 Å². The number of nitrogens with zero attached hydrogens (tertiary/aromatic N) is 4. The molecule has 2 aliphatic rings. The second kappa shape index (κ2) is 17.6. The summed E-state index contributed by atoms with van der Waals surface area (Å²) in [6, 6.07) is 9.39. The summed E-state index contributed by atoms with van der Waals surface area (Å²) in [6.45, 7) is 12.6. The Morgan fingerprint density at radius 3 is 1.70 bits per heavy atom. The molecule has 6 atom stereocenters. The molecule has 316 valence electrons. The second-order valence-electron chi connectivity index (χ2n) is 16.8. The van der Waals surface area contributed by atoms with E-state index in [0.29, 0.717) is 65.4 Å². The molecule has 14 heteroatoms. The number of likely N-dealkylation sites (tertiary alicyclic amines) is 2. The largest absolute Gasteiger partial charge is 0.453 e. The molecule has 2 fully saturated rings. The molecule has 7 rings (SSSR count). The summed E-state index contributed by atoms with van der Waals surface area (Å²) in [4.78, 5) is 71.5. The monoisotopic (exact) mass is 820 g/mol. The summed E-state index contributed by atoms with van der Waals surface area (Å²) in [5.74, 6) is 0.789. The van der Waals surface area contributed by atoms with E-state index in [-0.39, 0.29) is 82.9 Å². The molecule has 2 aromatic heterocycles. The van der Waals surface area contributed by atoms with Crippen molar-refractivity contribution < 1.29 is 34.1 Å². The predicted octanol–water partition coefficient (Wildman–Crippen LogP) is 7.87. The first-order valence-corrected chi connectivity index (χ1v) is 20.5. The molecule has 0 unspecified atom stereocenters. The topological polar surface area (TPSA) is 175 Å². The summed E-state index contributed by atoms with van der Waals surface area (Å²) in [6.07, 6.45) is 1.69. The molecule has 0 bridgehead atoms. The van der Waals surface area contributed by atoms with Crippen molar-refractivity contribution in [2.24, 2.45) is 23.7 Å². The van der Waals surface area contributed by atoms with Crippen LogP contribution < -0.4 is 10.6 Å². The van der Waals surface area contributed by atoms with Crippen molar-refractivity contribution in [1.29, 1.82) is 0 Å². The number of methoxy groups -OCH3 is 2. The van der Waals surface area contributed by atoms with Crippen molar-refractivity contribution in [3.8, 4) is 33.5 Å². The van der Waals surface area contributed by atoms with Crippen LogP contribution in [0.3, 0.4) is 0 Å². The van der Waals surface area contributed by atoms with Gasteiger partial charge in [-0.25, -0.2) is 19.6 Å². The zero-order valence-corrected chi connectivity index (χ0v) is 35.3. The fourth-order valence-electron chi connectivity index (χ4n) is 8.27. The number of aromatic nitrogens is 4. The van der Waals surface area contributed by atoms with Crippen LogP contribution in [0.2, 0.25) is 0 Å². The summed E-state index contributed by atoms with van der Waals surface area (Å²) in [5.41, 5.74) is 3.99. The van der Waals surface area contributed by atoms with E-state index >= 15 is 0 Å². The van der Waals surface area contributed by atoms with Crippen LogP contribution in [0.5, 0.6) is 0 Å². The lowest BCUT2D eigenvalue weighted by Gasteiger charge is -2.30. The van der Waals surface area contributed by atoms with Gasteiger partial charge in [0.15, 0.2) is 0 Å². The number of fused-ring (bicyclic) bond motifs is 1. The van der Waals surface area contributed by atoms with Crippen molar-refractivity contribution in [1.82, 2.24) is 40.4 Å². The van der Waals surface area contributed by atoms with Crippen molar-refractivity contribution >= 4 is 35.0 Å². The van der Waals surface area contributed by atoms with Crippen LogP contribution in [0.4, 0.5) is 9.59 Å². The van der Waals surface area contributed by atoms with Crippen LogP contribution in [0.25, 0.3) is 44.5 Å². The highest BCUT2D eigenvalue weighted by atomic mass is 16.5. The van der Waals surface area contributed by atoms with Crippen LogP contribution >= 0.6 is 0 Å². The Balaban J connectivity index is 1.12. The van der Waals surface area contributed by atoms with Gasteiger partial charge in [-0.05, 0) is 76.5 Å². The first-order valence-electron chi connectivity index (χ1n) is 22.5. The van der Waals surface area contributed by atoms with Crippen LogP contribution in [-0.2, 0) is 19.1 Å². The quantitative estimate of drug-likeness (QED) is 0.104. The number of alkyl carbamates (subject to hydrolysis) is 2. The number of imidazole rings is 2. The van der Waals surface area contributed by atoms with Gasteiger partial charge in [0.05, 0.1) is 54.7 Å². The highest BCUT2D eigenvalue weighted by Gasteiger charge is 2.41. The van der Waals surface area contributed by atoms with Gasteiger partial charge in [-0.3, -0.25) is 9.59 Å². The average Bonchev–Trinajstić information content (AvgIpc) is 4.09. The van der Waals surface area contributed by atoms with Crippen LogP contribution in [0.15, 0.2) is 72.8 Å². The minimum absolute atomic E-state index is 0.146. The Hall–Kier alpha value is -6.18. The van der Waals surface area contributed by atoms with Crippen molar-refractivity contribution in [3.05, 3.63) is 84.5 Å². The number of benzene rings is 3. The van der Waals surface area contributed by atoms with E-state index in [2.05, 4.69) is 39.4 Å². The van der Waals surface area contributed by atoms with Gasteiger partial charge in [-0.2, -0.15) is 0 Å². The molecular weight excluding hydrogens is 761 g/mol. The molecule has 4 heterocycles. The van der Waals surface area contributed by atoms with E-state index < -0.39 is 24.3 Å². The Bertz CT molecular complexity index is 2550. The number of hydrogen-bond donors (Lipinski definition) is 4. The van der Waals surface area contributed by atoms with E-state index in [1.54, 1.807) is 46.3 Å². The maximum absolute atomic E-state index is 13.8. The summed E-state index contributed by atoms with van der Waals surface area (Å²) < 4.78 is 45.9. The molecule has 0 aliphatic carbocycles. The van der Waals surface area contributed by atoms with Crippen molar-refractivity contribution in [2.45, 2.75) is 78.6 Å². The lowest BCUT2D eigenvalue weighted by molar-refractivity contribution is -0.136. The zero-order chi connectivity index (χ0) is 46.3. The van der Waals surface area contributed by atoms with E-state index in [1.807, 2.05) is 39.8 Å². The Labute approximate surface area is 356 Å². The highest BCUT2D eigenvalue weighted by molar-refractivity contribution is 5.88. The standard InChI is InChI=1S/C46H56N8O6/c1-25(2)39(51-45(57)59-7)43(55)53-23-27(5)19-37(53)41-47-22-36(50-41)32-15-13-30(14-16-32)29-9-11-31(12-10-29)33-17-18-34-35(21-33)49-42(48-34)38-20-28(6)24-54(38)44(56)40(26(3)4)52-46(58)60-8/h9-18,21-22,25-28,37-40H,19-20,23-24H2,1-8H3,(H,47,50)(H,48,49)(H,51,57)(H,52,58)/t27-,28-,37-,38-,39-,40-/m0/s1/i9D,10D,11D,12D. The molecule has 2 aliphatic heterocycles. The Morgan fingerprint density at radius 2 is 1.18 bits per heavy atom. The molecule has 2 saturated heterocycles. The third-order valence-electron chi connectivity index (χ3n) is 11.5. The molecule has 0 spiro atoms. The number of ether oxygens (including phenoxy) is 2. The maximum Gasteiger partial charge on any atom is 0.407 e. The Kier molecular flexibility index (Phi) is 10.8. The van der Waals surface area contributed by atoms with Crippen LogP contribution in [-0.4, -0.2) is 93.1 Å². The number of nitrogens with one attached hydrogen (secondary N) is 4. The number of carbonyl (C=O) groups excluding carboxylic acids is 4. The number of rotatable bonds is 11. The van der Waals surface area contributed by atoms with Gasteiger partial charge in [0.25, 0.3) is 0 Å². The van der Waals surface area contributed by atoms with Crippen LogP contribution in [0, 0.1) is 23.7 Å². The predicted molar refractivity (Wildman–Crippen MR) is 229 cm³/mol. The smallest absolute Gasteiger partial charge is 0.407 e. The summed E-state index contributed by atoms with van der Waals surface area (Å²) in [7, 11) is 2.52. The van der Waals surface area contributed by atoms with Crippen molar-refractivity contribution in [3.63, 3.8) is 0 Å². The van der Waals surface area contributed by atoms with Gasteiger partial charge in [0, 0.05) is 13.1 Å². The van der Waals surface area contributed by atoms with Gasteiger partial charge >= 0.3 is 12.2 Å². The first kappa shape index (κ1) is 36.9. The fourth-order valence-corrected chi connectivity index (χ4v) is 8.27. The van der Waals surface area contributed by atoms with Gasteiger partial charge in [-0.1, -0.05) is 96.0 Å². The molecule has 4 amide bonds. The molecular formula is C46H56N8O6. The third kappa shape index (κ3) is 8.73. The molecule has 5 aromatic rings. The molecule has 60 heavy (non-hydrogen) atoms. The van der Waals surface area contributed by atoms with E-state index in [4.69, 9.17) is 19.9 Å². The average molecular weight is 821 g/mol. The number of aromatic amines is 2. The van der Waals surface area contributed by atoms with Gasteiger partial charge in [0.2, 0.25) is 11.8 Å². The lowest BCUT2D eigenvalue weighted by Crippen LogP contribution is -2.51. The van der Waals surface area contributed by atoms with E-state index in [1.165, 1.54) is 14.2 Å². The van der Waals surface area contributed by atoms with E-state index in [0.717, 1.165) is 5.56 Å². The number of carbonyl (C=O) groups is 4. The molecule has 4 N–H and O–H groups in total.